The van der Waals surface area contributed by atoms with Gasteiger partial charge in [0.2, 0.25) is 66.0 Å². The molecule has 0 radical (unpaired) electrons. The van der Waals surface area contributed by atoms with Crippen LogP contribution < -0.4 is 63.0 Å². The molecule has 4 atom stereocenters. The van der Waals surface area contributed by atoms with Gasteiger partial charge in [0, 0.05) is 95.1 Å². The van der Waals surface area contributed by atoms with Gasteiger partial charge in [-0.05, 0) is 135 Å². The van der Waals surface area contributed by atoms with Crippen molar-refractivity contribution in [2.45, 2.75) is 346 Å². The summed E-state index contributed by atoms with van der Waals surface area (Å²) in [5.74, 6) is -2.03. The van der Waals surface area contributed by atoms with Gasteiger partial charge in [0.15, 0.2) is 0 Å². The van der Waals surface area contributed by atoms with Crippen LogP contribution in [0.2, 0.25) is 0 Å². The number of alkyl halides is 1. The molecule has 5 aromatic carbocycles. The topological polar surface area (TPSA) is 428 Å². The molecule has 143 heavy (non-hydrogen) atoms. The summed E-state index contributed by atoms with van der Waals surface area (Å²) >= 11 is 2.15. The fraction of sp³-hybridized carbons (Fsp3) is 0.577. The van der Waals surface area contributed by atoms with E-state index in [9.17, 15) is 67.4 Å². The van der Waals surface area contributed by atoms with Crippen LogP contribution in [0.15, 0.2) is 147 Å². The number of fused-ring (bicyclic) bond motifs is 4. The van der Waals surface area contributed by atoms with Crippen molar-refractivity contribution in [2.24, 2.45) is 65.3 Å². The lowest BCUT2D eigenvalue weighted by atomic mass is 9.84. The normalized spacial score (nSPS) is 19.1. The number of benzene rings is 5. The number of benzodiazepines with no additional fused rings is 4. The van der Waals surface area contributed by atoms with Gasteiger partial charge < -0.3 is 67.5 Å². The summed E-state index contributed by atoms with van der Waals surface area (Å²) in [4.78, 5) is 189. The fourth-order valence-electron chi connectivity index (χ4n) is 18.5. The Labute approximate surface area is 860 Å². The number of carboxylic acid groups (broad SMARTS) is 1. The molecule has 32 heteroatoms. The van der Waals surface area contributed by atoms with Gasteiger partial charge in [-0.3, -0.25) is 78.0 Å². The molecule has 4 aliphatic carbocycles. The summed E-state index contributed by atoms with van der Waals surface area (Å²) in [5.41, 5.74) is 5.02. The van der Waals surface area contributed by atoms with Gasteiger partial charge in [-0.15, -0.1) is 0 Å². The van der Waals surface area contributed by atoms with Crippen molar-refractivity contribution in [3.8, 4) is 0 Å². The Balaban J connectivity index is 0.000000221. The average Bonchev–Trinajstić information content (AvgIpc) is 1.62. The number of para-hydroxylation sites is 4. The van der Waals surface area contributed by atoms with E-state index in [1.807, 2.05) is 215 Å². The number of aliphatic imine (C=N–C) groups is 4. The van der Waals surface area contributed by atoms with Crippen LogP contribution in [0, 0.1) is 45.3 Å². The molecule has 0 spiro atoms. The second-order valence-corrected chi connectivity index (χ2v) is 44.4. The van der Waals surface area contributed by atoms with Gasteiger partial charge in [0.1, 0.15) is 28.8 Å². The molecule has 8 aliphatic rings. The number of carboxylic acids is 1. The van der Waals surface area contributed by atoms with Crippen molar-refractivity contribution in [2.75, 3.05) is 39.5 Å². The second-order valence-electron chi connectivity index (χ2n) is 44.4. The standard InChI is InChI=1S/2C26H38N4O3.C25H36N4O3.C21H23N3O3.C12H21NO3.CH3I/c2*1-17(2)13-14-20(31)29-26(15-9-10-16-26)24(33)28-22-23(32)30(6)19-12-8-7-11-18(19)21(27-22)25(3,4)5;1-16(2)12-13-19(30)29-25(14-8-9-15-25)23(32)28-21-22(31)26-18-11-7-6-10-17(18)20(27-21)24(3,4)5;1-21(2,3)17-15-11-7-8-12-16(15)22-19(25)18(23-17)24-20(26)27-13-14-9-5-4-6-10-14;1-9(2)5-6-10(14)13-12(11(15)16)7-3-4-8-12;1-2/h2*7-8,11-12,17,22H,9-10,13-16H2,1-6H3,(H,28,33)(H,29,31);6-7,10-11,16,21H,8-9,12-15H2,1-5H3,(H,26,31)(H,28,32)(H,29,30);4-12,18H,13H2,1-3H3,(H,22,25)(H,24,26);9H,3-8H2,1-2H3,(H,13,14)(H,15,16);1H3. The van der Waals surface area contributed by atoms with Crippen molar-refractivity contribution in [3.63, 3.8) is 0 Å². The molecule has 4 fully saturated rings. The molecule has 0 bridgehead atoms. The first-order valence-electron chi connectivity index (χ1n) is 50.8. The number of aliphatic carboxylic acids is 1. The highest BCUT2D eigenvalue weighted by Gasteiger charge is 2.50. The molecule has 13 rings (SSSR count). The number of hydrogen-bond acceptors (Lipinski definition) is 18. The first-order chi connectivity index (χ1) is 67.2. The molecule has 780 valence electrons. The number of hydrogen-bond donors (Lipinski definition) is 11. The Morgan fingerprint density at radius 1 is 0.371 bits per heavy atom. The number of halogens is 1. The van der Waals surface area contributed by atoms with Crippen LogP contribution in [-0.4, -0.2) is 171 Å². The summed E-state index contributed by atoms with van der Waals surface area (Å²) in [6.45, 7) is 41.1. The highest BCUT2D eigenvalue weighted by Crippen LogP contribution is 2.40. The minimum atomic E-state index is -1.06. The van der Waals surface area contributed by atoms with E-state index < -0.39 is 64.8 Å². The smallest absolute Gasteiger partial charge is 0.409 e. The van der Waals surface area contributed by atoms with Crippen LogP contribution in [-0.2, 0) is 68.9 Å². The number of nitrogens with one attached hydrogen (secondary N) is 10. The van der Waals surface area contributed by atoms with Crippen LogP contribution in [0.5, 0.6) is 0 Å². The van der Waals surface area contributed by atoms with Gasteiger partial charge in [0.05, 0.1) is 34.2 Å². The van der Waals surface area contributed by atoms with Crippen LogP contribution in [0.1, 0.15) is 320 Å². The van der Waals surface area contributed by atoms with Crippen molar-refractivity contribution >= 4 is 145 Å². The number of alkyl carbamates (subject to hydrolysis) is 1. The summed E-state index contributed by atoms with van der Waals surface area (Å²) in [6.07, 6.45) is 11.3. The van der Waals surface area contributed by atoms with Crippen molar-refractivity contribution < 1.29 is 72.2 Å². The lowest BCUT2D eigenvalue weighted by molar-refractivity contribution is -0.147. The Morgan fingerprint density at radius 3 is 0.923 bits per heavy atom. The minimum absolute atomic E-state index is 0.114. The van der Waals surface area contributed by atoms with E-state index in [0.717, 1.165) is 139 Å². The van der Waals surface area contributed by atoms with Crippen LogP contribution in [0.25, 0.3) is 0 Å². The Morgan fingerprint density at radius 2 is 0.622 bits per heavy atom. The predicted molar refractivity (Wildman–Crippen MR) is 574 cm³/mol. The number of rotatable bonds is 26. The van der Waals surface area contributed by atoms with E-state index in [-0.39, 0.29) is 87.3 Å². The number of anilines is 4. The molecular formula is C111H159IN16O15. The zero-order chi connectivity index (χ0) is 106. The summed E-state index contributed by atoms with van der Waals surface area (Å²) in [5, 5.41) is 37.8. The number of ether oxygens (including phenoxy) is 1. The Hall–Kier alpha value is -11.6. The first-order valence-corrected chi connectivity index (χ1v) is 53.0. The molecule has 4 unspecified atom stereocenters. The summed E-state index contributed by atoms with van der Waals surface area (Å²) in [6, 6.07) is 39.7. The van der Waals surface area contributed by atoms with Gasteiger partial charge in [-0.1, -0.05) is 316 Å². The van der Waals surface area contributed by atoms with Crippen molar-refractivity contribution in [1.29, 1.82) is 0 Å². The fourth-order valence-corrected chi connectivity index (χ4v) is 18.5. The molecule has 4 heterocycles. The predicted octanol–water partition coefficient (Wildman–Crippen LogP) is 18.1. The van der Waals surface area contributed by atoms with E-state index in [2.05, 4.69) is 136 Å². The van der Waals surface area contributed by atoms with Crippen LogP contribution in [0.3, 0.4) is 0 Å². The van der Waals surface area contributed by atoms with Crippen LogP contribution >= 0.6 is 22.6 Å². The zero-order valence-electron chi connectivity index (χ0n) is 88.6. The number of nitrogens with zero attached hydrogens (tertiary/aromatic N) is 6. The Bertz CT molecular complexity index is 5260. The molecule has 4 saturated carbocycles. The number of carbonyl (C=O) groups excluding carboxylic acids is 12. The highest BCUT2D eigenvalue weighted by molar-refractivity contribution is 14.1. The lowest BCUT2D eigenvalue weighted by Crippen LogP contribution is -2.60. The summed E-state index contributed by atoms with van der Waals surface area (Å²) < 4.78 is 5.22. The number of amides is 12. The molecule has 5 aromatic rings. The third kappa shape index (κ3) is 32.5. The third-order valence-electron chi connectivity index (χ3n) is 26.5. The van der Waals surface area contributed by atoms with E-state index in [4.69, 9.17) is 19.7 Å². The van der Waals surface area contributed by atoms with Gasteiger partial charge >= 0.3 is 12.1 Å². The van der Waals surface area contributed by atoms with E-state index in [1.165, 1.54) is 0 Å². The van der Waals surface area contributed by atoms with Gasteiger partial charge in [-0.25, -0.2) is 9.59 Å². The highest BCUT2D eigenvalue weighted by atomic mass is 127. The van der Waals surface area contributed by atoms with Crippen LogP contribution in [0.4, 0.5) is 27.5 Å². The second kappa shape index (κ2) is 51.8. The minimum Gasteiger partial charge on any atom is -0.480 e. The largest absolute Gasteiger partial charge is 0.480 e. The van der Waals surface area contributed by atoms with Crippen molar-refractivity contribution in [1.82, 2.24) is 42.5 Å². The van der Waals surface area contributed by atoms with E-state index in [1.54, 1.807) is 23.9 Å². The summed E-state index contributed by atoms with van der Waals surface area (Å²) in [7, 11) is 3.42. The average molecular weight is 2080 g/mol. The third-order valence-corrected chi connectivity index (χ3v) is 26.5. The molecule has 31 nitrogen and oxygen atoms in total. The quantitative estimate of drug-likeness (QED) is 0.0181. The number of likely N-dealkylation sites (N-methyl/N-ethyl adjacent to an activating group) is 2. The van der Waals surface area contributed by atoms with Gasteiger partial charge in [-0.2, -0.15) is 0 Å². The van der Waals surface area contributed by atoms with E-state index >= 15 is 0 Å². The molecular weight excluding hydrogens is 1920 g/mol. The SMILES string of the molecule is CC(C)(C)C1=NC(NC(=O)OCc2ccccc2)C(=O)Nc2ccccc21.CC(C)CCC(=O)NC1(C(=O)NC2N=C(C(C)(C)C)c3ccccc3N(C)C2=O)CCCC1.CC(C)CCC(=O)NC1(C(=O)NC2N=C(C(C)(C)C)c3ccccc3N(C)C2=O)CCCC1.CC(C)CCC(=O)NC1(C(=O)NC2N=C(C(C)(C)C)c3ccccc3NC2=O)CCCC1.CC(C)CCC(=O)NC1(C(=O)O)CCCC1.CI. The van der Waals surface area contributed by atoms with Crippen molar-refractivity contribution in [3.05, 3.63) is 155 Å². The van der Waals surface area contributed by atoms with Gasteiger partial charge in [0.25, 0.3) is 23.6 Å². The molecule has 11 N–H and O–H groups in total. The molecule has 12 amide bonds. The molecule has 0 saturated heterocycles. The maximum Gasteiger partial charge on any atom is 0.409 e. The maximum atomic E-state index is 13.5. The Kier molecular flexibility index (Phi) is 42.2. The molecule has 4 aliphatic heterocycles. The first kappa shape index (κ1) is 117. The van der Waals surface area contributed by atoms with E-state index in [0.29, 0.717) is 112 Å². The molecule has 0 aromatic heterocycles. The monoisotopic (exact) mass is 2080 g/mol. The number of carbonyl (C=O) groups is 13. The lowest BCUT2D eigenvalue weighted by Gasteiger charge is -2.31. The maximum absolute atomic E-state index is 13.5. The zero-order valence-corrected chi connectivity index (χ0v) is 90.8.